The van der Waals surface area contributed by atoms with Gasteiger partial charge in [0.05, 0.1) is 6.61 Å². The molecule has 0 aromatic rings. The van der Waals surface area contributed by atoms with Crippen LogP contribution in [0, 0.1) is 11.8 Å². The lowest BCUT2D eigenvalue weighted by Crippen LogP contribution is -2.41. The van der Waals surface area contributed by atoms with Crippen LogP contribution in [0.15, 0.2) is 0 Å². The number of hydrogen-bond acceptors (Lipinski definition) is 7. The van der Waals surface area contributed by atoms with Crippen LogP contribution in [0.25, 0.3) is 0 Å². The van der Waals surface area contributed by atoms with Crippen molar-refractivity contribution in [2.75, 3.05) is 6.61 Å². The zero-order valence-electron chi connectivity index (χ0n) is 24.0. The Morgan fingerprint density at radius 1 is 0.730 bits per heavy atom. The van der Waals surface area contributed by atoms with Gasteiger partial charge >= 0.3 is 18.2 Å². The van der Waals surface area contributed by atoms with Crippen molar-refractivity contribution >= 4 is 24.4 Å². The lowest BCUT2D eigenvalue weighted by molar-refractivity contribution is -0.144. The van der Waals surface area contributed by atoms with Gasteiger partial charge in [0.2, 0.25) is 0 Å². The summed E-state index contributed by atoms with van der Waals surface area (Å²) in [5.74, 6) is 0.769. The fourth-order valence-corrected chi connectivity index (χ4v) is 4.59. The van der Waals surface area contributed by atoms with Gasteiger partial charge in [-0.1, -0.05) is 0 Å². The summed E-state index contributed by atoms with van der Waals surface area (Å²) in [6, 6.07) is 0.357. The van der Waals surface area contributed by atoms with Crippen LogP contribution >= 0.6 is 0 Å². The molecule has 9 nitrogen and oxygen atoms in total. The first-order valence-corrected chi connectivity index (χ1v) is 13.8. The fourth-order valence-electron chi connectivity index (χ4n) is 4.59. The Hall–Kier alpha value is -2.32. The molecule has 2 fully saturated rings. The molecule has 0 radical (unpaired) electrons. The molecule has 214 valence electrons. The number of aldehydes is 1. The summed E-state index contributed by atoms with van der Waals surface area (Å²) >= 11 is 0. The molecule has 2 aliphatic carbocycles. The summed E-state index contributed by atoms with van der Waals surface area (Å²) in [6.45, 7) is 13.4. The number of ether oxygens (including phenoxy) is 3. The summed E-state index contributed by atoms with van der Waals surface area (Å²) < 4.78 is 15.4. The number of esters is 1. The van der Waals surface area contributed by atoms with Crippen molar-refractivity contribution in [3.63, 3.8) is 0 Å². The zero-order chi connectivity index (χ0) is 28.1. The van der Waals surface area contributed by atoms with Gasteiger partial charge in [-0.05, 0) is 112 Å². The third-order valence-electron chi connectivity index (χ3n) is 6.33. The summed E-state index contributed by atoms with van der Waals surface area (Å²) in [5, 5.41) is 5.79. The molecule has 37 heavy (non-hydrogen) atoms. The molecule has 0 saturated heterocycles. The van der Waals surface area contributed by atoms with E-state index in [4.69, 9.17) is 14.2 Å². The van der Waals surface area contributed by atoms with E-state index in [-0.39, 0.29) is 30.2 Å². The SMILES string of the molecule is CC(C)(C)OC(=O)NC1CCC(CC=O)CC1.CCOC(=O)CC1CCC(NC(=O)OC(C)(C)C)CC1. The summed E-state index contributed by atoms with van der Waals surface area (Å²) in [5.41, 5.74) is -0.913. The van der Waals surface area contributed by atoms with Crippen LogP contribution < -0.4 is 10.6 Å². The molecule has 0 atom stereocenters. The molecule has 0 bridgehead atoms. The van der Waals surface area contributed by atoms with Gasteiger partial charge in [-0.15, -0.1) is 0 Å². The molecule has 2 N–H and O–H groups in total. The Kier molecular flexibility index (Phi) is 14.0. The molecule has 0 aromatic heterocycles. The largest absolute Gasteiger partial charge is 0.466 e. The van der Waals surface area contributed by atoms with Crippen LogP contribution in [0.1, 0.15) is 113 Å². The average Bonchev–Trinajstić information content (AvgIpc) is 2.75. The van der Waals surface area contributed by atoms with Gasteiger partial charge in [0.15, 0.2) is 0 Å². The summed E-state index contributed by atoms with van der Waals surface area (Å²) in [4.78, 5) is 45.0. The molecular weight excluding hydrogens is 476 g/mol. The van der Waals surface area contributed by atoms with E-state index in [1.165, 1.54) is 0 Å². The van der Waals surface area contributed by atoms with Crippen LogP contribution in [0.2, 0.25) is 0 Å². The van der Waals surface area contributed by atoms with Gasteiger partial charge < -0.3 is 29.6 Å². The second-order valence-electron chi connectivity index (χ2n) is 12.1. The maximum Gasteiger partial charge on any atom is 0.407 e. The second-order valence-corrected chi connectivity index (χ2v) is 12.1. The number of carbonyl (C=O) groups excluding carboxylic acids is 4. The van der Waals surface area contributed by atoms with E-state index in [0.29, 0.717) is 31.3 Å². The Labute approximate surface area is 223 Å². The molecule has 0 heterocycles. The highest BCUT2D eigenvalue weighted by Gasteiger charge is 2.26. The molecule has 0 aliphatic heterocycles. The normalized spacial score (nSPS) is 24.0. The van der Waals surface area contributed by atoms with E-state index in [9.17, 15) is 19.2 Å². The predicted octanol–water partition coefficient (Wildman–Crippen LogP) is 5.68. The third-order valence-corrected chi connectivity index (χ3v) is 6.33. The van der Waals surface area contributed by atoms with Crippen molar-refractivity contribution in [1.82, 2.24) is 10.6 Å². The minimum Gasteiger partial charge on any atom is -0.466 e. The fraction of sp³-hybridized carbons (Fsp3) is 0.857. The Balaban J connectivity index is 0.000000375. The Morgan fingerprint density at radius 2 is 1.14 bits per heavy atom. The lowest BCUT2D eigenvalue weighted by Gasteiger charge is -2.29. The van der Waals surface area contributed by atoms with Crippen LogP contribution in [-0.4, -0.2) is 54.3 Å². The molecule has 0 spiro atoms. The standard InChI is InChI=1S/C15H27NO4.C13H23NO3/c1-5-19-13(17)10-11-6-8-12(9-7-11)16-14(18)20-15(2,3)4;1-13(2,3)17-12(16)14-11-6-4-10(5-7-11)8-9-15/h11-12H,5-10H2,1-4H3,(H,16,18);9-11H,4-8H2,1-3H3,(H,14,16). The molecule has 0 aromatic carbocycles. The predicted molar refractivity (Wildman–Crippen MR) is 142 cm³/mol. The van der Waals surface area contributed by atoms with Crippen molar-refractivity contribution in [3.8, 4) is 0 Å². The number of amides is 2. The van der Waals surface area contributed by atoms with Crippen molar-refractivity contribution in [2.45, 2.75) is 136 Å². The van der Waals surface area contributed by atoms with Crippen molar-refractivity contribution in [1.29, 1.82) is 0 Å². The van der Waals surface area contributed by atoms with Gasteiger partial charge in [-0.25, -0.2) is 9.59 Å². The summed E-state index contributed by atoms with van der Waals surface area (Å²) in [7, 11) is 0. The van der Waals surface area contributed by atoms with Gasteiger partial charge in [0.1, 0.15) is 17.5 Å². The van der Waals surface area contributed by atoms with Gasteiger partial charge in [-0.2, -0.15) is 0 Å². The molecule has 2 amide bonds. The molecule has 9 heteroatoms. The number of nitrogens with one attached hydrogen (secondary N) is 2. The van der Waals surface area contributed by atoms with E-state index in [2.05, 4.69) is 10.6 Å². The van der Waals surface area contributed by atoms with Crippen LogP contribution in [0.4, 0.5) is 9.59 Å². The Morgan fingerprint density at radius 3 is 1.49 bits per heavy atom. The number of alkyl carbamates (subject to hydrolysis) is 2. The smallest absolute Gasteiger partial charge is 0.407 e. The first-order valence-electron chi connectivity index (χ1n) is 13.8. The van der Waals surface area contributed by atoms with E-state index < -0.39 is 11.2 Å². The van der Waals surface area contributed by atoms with E-state index in [0.717, 1.165) is 57.7 Å². The van der Waals surface area contributed by atoms with Crippen LogP contribution in [-0.2, 0) is 23.8 Å². The second kappa shape index (κ2) is 15.8. The van der Waals surface area contributed by atoms with Crippen molar-refractivity contribution < 1.29 is 33.4 Å². The van der Waals surface area contributed by atoms with Crippen molar-refractivity contribution in [3.05, 3.63) is 0 Å². The molecule has 2 saturated carbocycles. The van der Waals surface area contributed by atoms with Gasteiger partial charge in [0.25, 0.3) is 0 Å². The number of hydrogen-bond donors (Lipinski definition) is 2. The van der Waals surface area contributed by atoms with Crippen LogP contribution in [0.5, 0.6) is 0 Å². The maximum absolute atomic E-state index is 11.7. The molecule has 2 rings (SSSR count). The highest BCUT2D eigenvalue weighted by molar-refractivity contribution is 5.70. The Bertz CT molecular complexity index is 711. The topological polar surface area (TPSA) is 120 Å². The minimum absolute atomic E-state index is 0.115. The van der Waals surface area contributed by atoms with E-state index in [1.54, 1.807) is 0 Å². The minimum atomic E-state index is -0.467. The molecule has 0 unspecified atom stereocenters. The first kappa shape index (κ1) is 32.7. The summed E-state index contributed by atoms with van der Waals surface area (Å²) in [6.07, 6.45) is 9.03. The van der Waals surface area contributed by atoms with E-state index >= 15 is 0 Å². The van der Waals surface area contributed by atoms with Crippen LogP contribution in [0.3, 0.4) is 0 Å². The first-order chi connectivity index (χ1) is 17.2. The third kappa shape index (κ3) is 16.2. The zero-order valence-corrected chi connectivity index (χ0v) is 24.0. The lowest BCUT2D eigenvalue weighted by atomic mass is 9.84. The van der Waals surface area contributed by atoms with Gasteiger partial charge in [-0.3, -0.25) is 4.79 Å². The van der Waals surface area contributed by atoms with Crippen molar-refractivity contribution in [2.24, 2.45) is 11.8 Å². The number of rotatable bonds is 7. The average molecular weight is 527 g/mol. The van der Waals surface area contributed by atoms with E-state index in [1.807, 2.05) is 48.5 Å². The molecular formula is C28H50N2O7. The highest BCUT2D eigenvalue weighted by Crippen LogP contribution is 2.28. The highest BCUT2D eigenvalue weighted by atomic mass is 16.6. The monoisotopic (exact) mass is 526 g/mol. The maximum atomic E-state index is 11.7. The molecule has 2 aliphatic rings. The quantitative estimate of drug-likeness (QED) is 0.249. The van der Waals surface area contributed by atoms with Gasteiger partial charge in [0, 0.05) is 24.9 Å². The number of carbonyl (C=O) groups is 4.